The lowest BCUT2D eigenvalue weighted by molar-refractivity contribution is 1.53. The van der Waals surface area contributed by atoms with Crippen LogP contribution in [0.1, 0.15) is 54.2 Å². The Hall–Kier alpha value is -5.59. The Morgan fingerprint density at radius 1 is 0.250 bits per heavy atom. The molecular formula is C57H54Si3. The molecule has 0 aromatic heterocycles. The molecule has 0 fully saturated rings. The van der Waals surface area contributed by atoms with E-state index < -0.39 is 24.2 Å². The van der Waals surface area contributed by atoms with Crippen LogP contribution >= 0.6 is 0 Å². The zero-order valence-electron chi connectivity index (χ0n) is 36.6. The molecule has 3 aliphatic rings. The first kappa shape index (κ1) is 38.6. The molecule has 0 aliphatic carbocycles. The van der Waals surface area contributed by atoms with E-state index >= 15 is 0 Å². The molecule has 0 radical (unpaired) electrons. The van der Waals surface area contributed by atoms with E-state index in [-0.39, 0.29) is 0 Å². The van der Waals surface area contributed by atoms with Gasteiger partial charge in [0.15, 0.2) is 0 Å². The van der Waals surface area contributed by atoms with Gasteiger partial charge in [-0.25, -0.2) is 0 Å². The zero-order chi connectivity index (χ0) is 41.7. The molecule has 0 amide bonds. The molecule has 3 heterocycles. The minimum Gasteiger partial charge on any atom is -0.0708 e. The van der Waals surface area contributed by atoms with Gasteiger partial charge in [-0.1, -0.05) is 200 Å². The second-order valence-corrected chi connectivity index (χ2v) is 32.5. The van der Waals surface area contributed by atoms with Crippen LogP contribution in [-0.4, -0.2) is 24.2 Å². The average Bonchev–Trinajstić information content (AvgIpc) is 3.71. The van der Waals surface area contributed by atoms with Crippen LogP contribution < -0.4 is 15.6 Å². The van der Waals surface area contributed by atoms with E-state index in [0.29, 0.717) is 0 Å². The highest BCUT2D eigenvalue weighted by atomic mass is 28.3. The van der Waals surface area contributed by atoms with Crippen molar-refractivity contribution < 1.29 is 0 Å². The summed E-state index contributed by atoms with van der Waals surface area (Å²) in [7, 11) is -6.13. The molecule has 3 aliphatic heterocycles. The quantitative estimate of drug-likeness (QED) is 0.147. The molecule has 0 nitrogen and oxygen atoms in total. The molecule has 0 saturated carbocycles. The highest BCUT2D eigenvalue weighted by Crippen LogP contribution is 2.46. The first-order valence-corrected chi connectivity index (χ1v) is 30.7. The molecular weight excluding hydrogens is 769 g/mol. The van der Waals surface area contributed by atoms with Crippen LogP contribution in [0, 0.1) is 0 Å². The topological polar surface area (TPSA) is 0 Å². The Bertz CT molecular complexity index is 2660. The third kappa shape index (κ3) is 5.66. The van der Waals surface area contributed by atoms with Gasteiger partial charge in [-0.05, 0) is 138 Å². The Balaban J connectivity index is 1.24. The second-order valence-electron chi connectivity index (χ2n) is 19.0. The first-order chi connectivity index (χ1) is 28.8. The number of allylic oxidation sites excluding steroid dienone is 3. The highest BCUT2D eigenvalue weighted by molar-refractivity contribution is 7.00. The van der Waals surface area contributed by atoms with E-state index in [1.807, 2.05) is 0 Å². The Labute approximate surface area is 360 Å². The van der Waals surface area contributed by atoms with Crippen molar-refractivity contribution in [3.63, 3.8) is 0 Å². The van der Waals surface area contributed by atoms with E-state index in [2.05, 4.69) is 224 Å². The number of fused-ring (bicyclic) bond motifs is 3. The smallest absolute Gasteiger partial charge is 0.0708 e. The summed E-state index contributed by atoms with van der Waals surface area (Å²) in [5, 5.41) is 9.41. The zero-order valence-corrected chi connectivity index (χ0v) is 39.6. The average molecular weight is 823 g/mol. The molecule has 0 spiro atoms. The van der Waals surface area contributed by atoms with E-state index in [1.54, 1.807) is 31.1 Å². The van der Waals surface area contributed by atoms with Crippen molar-refractivity contribution in [1.82, 2.24) is 0 Å². The van der Waals surface area contributed by atoms with Crippen LogP contribution in [0.15, 0.2) is 179 Å². The van der Waals surface area contributed by atoms with Crippen molar-refractivity contribution in [2.45, 2.75) is 60.1 Å². The number of benzene rings is 7. The van der Waals surface area contributed by atoms with Crippen LogP contribution in [0.2, 0.25) is 39.3 Å². The lowest BCUT2D eigenvalue weighted by Crippen LogP contribution is -2.42. The minimum absolute atomic E-state index is 1.33. The van der Waals surface area contributed by atoms with Gasteiger partial charge in [-0.3, -0.25) is 0 Å². The minimum atomic E-state index is -2.04. The van der Waals surface area contributed by atoms with E-state index in [0.717, 1.165) is 0 Å². The van der Waals surface area contributed by atoms with Gasteiger partial charge in [0.1, 0.15) is 24.2 Å². The summed E-state index contributed by atoms with van der Waals surface area (Å²) in [5.74, 6) is 0. The summed E-state index contributed by atoms with van der Waals surface area (Å²) < 4.78 is 0. The molecule has 0 saturated heterocycles. The molecule has 7 aromatic carbocycles. The van der Waals surface area contributed by atoms with Gasteiger partial charge in [0.2, 0.25) is 0 Å². The second kappa shape index (κ2) is 14.0. The fourth-order valence-corrected chi connectivity index (χ4v) is 20.3. The Morgan fingerprint density at radius 2 is 0.483 bits per heavy atom. The normalized spacial score (nSPS) is 16.9. The maximum Gasteiger partial charge on any atom is 0.109 e. The molecule has 0 bridgehead atoms. The Kier molecular flexibility index (Phi) is 9.00. The lowest BCUT2D eigenvalue weighted by atomic mass is 9.88. The third-order valence-corrected chi connectivity index (χ3v) is 26.6. The van der Waals surface area contributed by atoms with Crippen LogP contribution in [0.4, 0.5) is 0 Å². The predicted molar refractivity (Wildman–Crippen MR) is 269 cm³/mol. The van der Waals surface area contributed by atoms with Crippen molar-refractivity contribution in [3.8, 4) is 33.4 Å². The van der Waals surface area contributed by atoms with Gasteiger partial charge in [-0.15, -0.1) is 0 Å². The maximum atomic E-state index is 2.57. The molecule has 0 atom stereocenters. The summed E-state index contributed by atoms with van der Waals surface area (Å²) in [6.07, 6.45) is 0. The van der Waals surface area contributed by atoms with Crippen molar-refractivity contribution in [3.05, 3.63) is 213 Å². The van der Waals surface area contributed by atoms with Crippen molar-refractivity contribution in [2.24, 2.45) is 0 Å². The van der Waals surface area contributed by atoms with E-state index in [4.69, 9.17) is 0 Å². The van der Waals surface area contributed by atoms with Gasteiger partial charge >= 0.3 is 0 Å². The van der Waals surface area contributed by atoms with Crippen LogP contribution in [-0.2, 0) is 0 Å². The first-order valence-electron chi connectivity index (χ1n) is 21.7. The van der Waals surface area contributed by atoms with Crippen molar-refractivity contribution >= 4 is 56.5 Å². The standard InChI is InChI=1S/C57H54Si3/c1-37-52(40-22-13-10-14-23-40)49-31-19-28-46(55(49)58(37,4)5)43-34-44(47-29-20-32-50-53(41-24-15-11-16-25-41)38(2)59(6,7)56(47)50)36-45(35-43)48-30-21-33-51-54(42-26-17-12-18-27-42)39(3)60(8,9)57(48)51/h10-36H,1-9H3. The summed E-state index contributed by atoms with van der Waals surface area (Å²) in [6, 6.07) is 62.4. The van der Waals surface area contributed by atoms with E-state index in [9.17, 15) is 0 Å². The lowest BCUT2D eigenvalue weighted by Gasteiger charge is -2.26. The monoisotopic (exact) mass is 822 g/mol. The van der Waals surface area contributed by atoms with Crippen molar-refractivity contribution in [1.29, 1.82) is 0 Å². The number of rotatable bonds is 6. The molecule has 7 aromatic rings. The SMILES string of the molecule is CC1=C(c2ccccc2)c2cccc(-c3cc(-c4cccc5c4[Si](C)(C)C(C)=C5c4ccccc4)cc(-c4cccc5c4[Si](C)(C)C(C)=C5c4ccccc4)c3)c2[Si]1(C)C. The summed E-state index contributed by atoms with van der Waals surface area (Å²) in [6.45, 7) is 22.7. The number of hydrogen-bond acceptors (Lipinski definition) is 0. The molecule has 0 unspecified atom stereocenters. The van der Waals surface area contributed by atoms with Crippen LogP contribution in [0.5, 0.6) is 0 Å². The molecule has 10 rings (SSSR count). The van der Waals surface area contributed by atoms with Crippen LogP contribution in [0.25, 0.3) is 50.1 Å². The number of hydrogen-bond donors (Lipinski definition) is 0. The Morgan fingerprint density at radius 3 is 0.733 bits per heavy atom. The fraction of sp³-hybridized carbons (Fsp3) is 0.158. The third-order valence-electron chi connectivity index (χ3n) is 14.9. The largest absolute Gasteiger partial charge is 0.109 e. The van der Waals surface area contributed by atoms with E-state index in [1.165, 1.54) is 83.5 Å². The van der Waals surface area contributed by atoms with Gasteiger partial charge in [-0.2, -0.15) is 0 Å². The van der Waals surface area contributed by atoms with Gasteiger partial charge < -0.3 is 0 Å². The predicted octanol–water partition coefficient (Wildman–Crippen LogP) is 13.6. The molecule has 294 valence electrons. The molecule has 3 heteroatoms. The van der Waals surface area contributed by atoms with Gasteiger partial charge in [0.05, 0.1) is 0 Å². The molecule has 0 N–H and O–H groups in total. The molecule has 60 heavy (non-hydrogen) atoms. The van der Waals surface area contributed by atoms with Gasteiger partial charge in [0.25, 0.3) is 0 Å². The summed E-state index contributed by atoms with van der Waals surface area (Å²) in [5.41, 5.74) is 20.7. The fourth-order valence-electron chi connectivity index (χ4n) is 11.2. The van der Waals surface area contributed by atoms with Crippen LogP contribution in [0.3, 0.4) is 0 Å². The maximum absolute atomic E-state index is 2.57. The van der Waals surface area contributed by atoms with Gasteiger partial charge in [0, 0.05) is 0 Å². The highest BCUT2D eigenvalue weighted by Gasteiger charge is 2.43. The summed E-state index contributed by atoms with van der Waals surface area (Å²) in [4.78, 5) is 0. The summed E-state index contributed by atoms with van der Waals surface area (Å²) >= 11 is 0. The van der Waals surface area contributed by atoms with Crippen molar-refractivity contribution in [2.75, 3.05) is 0 Å².